The third-order valence-electron chi connectivity index (χ3n) is 3.71. The summed E-state index contributed by atoms with van der Waals surface area (Å²) in [5.74, 6) is 0.0130. The molecule has 2 unspecified atom stereocenters. The summed E-state index contributed by atoms with van der Waals surface area (Å²) in [6.45, 7) is 4.57. The maximum Gasteiger partial charge on any atom is 0.311 e. The summed E-state index contributed by atoms with van der Waals surface area (Å²) in [6, 6.07) is 2.05. The van der Waals surface area contributed by atoms with Crippen LogP contribution in [0, 0.1) is 5.92 Å². The number of aromatic nitrogens is 2. The molecule has 1 saturated heterocycles. The average molecular weight is 279 g/mol. The number of hydrogen-bond acceptors (Lipinski definition) is 4. The predicted octanol–water partition coefficient (Wildman–Crippen LogP) is 1.77. The zero-order valence-corrected chi connectivity index (χ0v) is 12.2. The molecule has 1 aliphatic rings. The van der Waals surface area contributed by atoms with Gasteiger partial charge in [-0.05, 0) is 13.3 Å². The minimum atomic E-state index is -0.377. The van der Waals surface area contributed by atoms with Gasteiger partial charge in [0.1, 0.15) is 5.82 Å². The Kier molecular flexibility index (Phi) is 4.42. The largest absolute Gasteiger partial charge is 0.469 e. The fourth-order valence-electron chi connectivity index (χ4n) is 2.65. The number of ether oxygens (including phenoxy) is 1. The monoisotopic (exact) mass is 279 g/mol. The van der Waals surface area contributed by atoms with Gasteiger partial charge in [-0.2, -0.15) is 5.10 Å². The van der Waals surface area contributed by atoms with E-state index in [0.29, 0.717) is 6.54 Å². The number of carbonyl (C=O) groups is 2. The molecule has 1 aliphatic heterocycles. The van der Waals surface area contributed by atoms with Crippen molar-refractivity contribution < 1.29 is 14.3 Å². The third-order valence-corrected chi connectivity index (χ3v) is 3.71. The summed E-state index contributed by atoms with van der Waals surface area (Å²) in [7, 11) is 1.35. The van der Waals surface area contributed by atoms with E-state index in [1.165, 1.54) is 7.11 Å². The van der Waals surface area contributed by atoms with Gasteiger partial charge in [0.15, 0.2) is 0 Å². The van der Waals surface area contributed by atoms with E-state index in [0.717, 1.165) is 18.7 Å². The van der Waals surface area contributed by atoms with Crippen LogP contribution in [0.5, 0.6) is 0 Å². The highest BCUT2D eigenvalue weighted by Gasteiger charge is 2.37. The van der Waals surface area contributed by atoms with Crippen molar-refractivity contribution in [2.75, 3.05) is 18.6 Å². The van der Waals surface area contributed by atoms with Gasteiger partial charge in [0, 0.05) is 19.0 Å². The highest BCUT2D eigenvalue weighted by Crippen LogP contribution is 2.28. The summed E-state index contributed by atoms with van der Waals surface area (Å²) < 4.78 is 6.59. The maximum absolute atomic E-state index is 12.1. The van der Waals surface area contributed by atoms with E-state index < -0.39 is 0 Å². The van der Waals surface area contributed by atoms with Gasteiger partial charge < -0.3 is 4.74 Å². The lowest BCUT2D eigenvalue weighted by Crippen LogP contribution is -2.29. The number of rotatable bonds is 5. The summed E-state index contributed by atoms with van der Waals surface area (Å²) in [6.07, 6.45) is 3.95. The number of nitrogens with zero attached hydrogens (tertiary/aromatic N) is 3. The Morgan fingerprint density at radius 3 is 3.00 bits per heavy atom. The number of esters is 1. The van der Waals surface area contributed by atoms with Crippen LogP contribution in [-0.4, -0.2) is 35.3 Å². The number of anilines is 1. The van der Waals surface area contributed by atoms with Crippen molar-refractivity contribution in [1.82, 2.24) is 9.78 Å². The summed E-state index contributed by atoms with van der Waals surface area (Å²) in [4.78, 5) is 25.3. The first-order chi connectivity index (χ1) is 9.58. The maximum atomic E-state index is 12.1. The smallest absolute Gasteiger partial charge is 0.311 e. The van der Waals surface area contributed by atoms with Gasteiger partial charge in [0.25, 0.3) is 0 Å². The molecular weight excluding hydrogens is 258 g/mol. The molecule has 1 amide bonds. The SMILES string of the molecule is CCCC(C)n1nccc1N1CC(C(=O)OC)CC1=O. The van der Waals surface area contributed by atoms with E-state index in [1.807, 2.05) is 10.7 Å². The molecule has 1 aromatic heterocycles. The first-order valence-electron chi connectivity index (χ1n) is 7.00. The van der Waals surface area contributed by atoms with E-state index in [9.17, 15) is 9.59 Å². The Bertz CT molecular complexity index is 498. The molecule has 0 radical (unpaired) electrons. The topological polar surface area (TPSA) is 64.4 Å². The van der Waals surface area contributed by atoms with Gasteiger partial charge in [-0.25, -0.2) is 4.68 Å². The molecule has 2 atom stereocenters. The molecular formula is C14H21N3O3. The van der Waals surface area contributed by atoms with Gasteiger partial charge in [-0.15, -0.1) is 0 Å². The van der Waals surface area contributed by atoms with Crippen LogP contribution in [0.3, 0.4) is 0 Å². The minimum Gasteiger partial charge on any atom is -0.469 e. The fourth-order valence-corrected chi connectivity index (χ4v) is 2.65. The molecule has 6 heteroatoms. The normalized spacial score (nSPS) is 20.2. The lowest BCUT2D eigenvalue weighted by atomic mass is 10.1. The Labute approximate surface area is 118 Å². The number of methoxy groups -OCH3 is 1. The zero-order chi connectivity index (χ0) is 14.7. The van der Waals surface area contributed by atoms with E-state index in [-0.39, 0.29) is 30.3 Å². The zero-order valence-electron chi connectivity index (χ0n) is 12.2. The Balaban J connectivity index is 2.18. The van der Waals surface area contributed by atoms with Crippen molar-refractivity contribution in [2.24, 2.45) is 5.92 Å². The quantitative estimate of drug-likeness (QED) is 0.771. The predicted molar refractivity (Wildman–Crippen MR) is 74.3 cm³/mol. The van der Waals surface area contributed by atoms with Gasteiger partial charge in [0.2, 0.25) is 5.91 Å². The van der Waals surface area contributed by atoms with Crippen LogP contribution in [0.25, 0.3) is 0 Å². The second-order valence-electron chi connectivity index (χ2n) is 5.20. The van der Waals surface area contributed by atoms with Crippen molar-refractivity contribution >= 4 is 17.7 Å². The van der Waals surface area contributed by atoms with E-state index in [1.54, 1.807) is 11.1 Å². The van der Waals surface area contributed by atoms with Crippen LogP contribution in [-0.2, 0) is 14.3 Å². The van der Waals surface area contributed by atoms with E-state index in [2.05, 4.69) is 18.9 Å². The fraction of sp³-hybridized carbons (Fsp3) is 0.643. The average Bonchev–Trinajstić information content (AvgIpc) is 3.04. The van der Waals surface area contributed by atoms with Gasteiger partial charge in [-0.1, -0.05) is 13.3 Å². The first-order valence-corrected chi connectivity index (χ1v) is 7.00. The molecule has 0 aliphatic carbocycles. The molecule has 0 aromatic carbocycles. The molecule has 0 saturated carbocycles. The van der Waals surface area contributed by atoms with Gasteiger partial charge in [-0.3, -0.25) is 14.5 Å². The van der Waals surface area contributed by atoms with Crippen molar-refractivity contribution in [2.45, 2.75) is 39.2 Å². The van der Waals surface area contributed by atoms with Crippen molar-refractivity contribution in [3.8, 4) is 0 Å². The summed E-state index contributed by atoms with van der Waals surface area (Å²) in [5, 5.41) is 4.31. The van der Waals surface area contributed by atoms with Crippen LogP contribution in [0.2, 0.25) is 0 Å². The second-order valence-corrected chi connectivity index (χ2v) is 5.20. The number of amides is 1. The second kappa shape index (κ2) is 6.07. The van der Waals surface area contributed by atoms with Crippen LogP contribution in [0.1, 0.15) is 39.2 Å². The standard InChI is InChI=1S/C14H21N3O3/c1-4-5-10(2)17-12(6-7-15-17)16-9-11(8-13(16)18)14(19)20-3/h6-7,10-11H,4-5,8-9H2,1-3H3. The van der Waals surface area contributed by atoms with Crippen LogP contribution >= 0.6 is 0 Å². The van der Waals surface area contributed by atoms with Crippen molar-refractivity contribution in [3.63, 3.8) is 0 Å². The van der Waals surface area contributed by atoms with Crippen LogP contribution in [0.15, 0.2) is 12.3 Å². The third kappa shape index (κ3) is 2.69. The molecule has 0 spiro atoms. The minimum absolute atomic E-state index is 0.0501. The lowest BCUT2D eigenvalue weighted by molar-refractivity contribution is -0.145. The molecule has 20 heavy (non-hydrogen) atoms. The Morgan fingerprint density at radius 2 is 2.35 bits per heavy atom. The molecule has 6 nitrogen and oxygen atoms in total. The molecule has 1 aromatic rings. The van der Waals surface area contributed by atoms with Crippen molar-refractivity contribution in [1.29, 1.82) is 0 Å². The van der Waals surface area contributed by atoms with E-state index in [4.69, 9.17) is 4.74 Å². The summed E-state index contributed by atoms with van der Waals surface area (Å²) in [5.41, 5.74) is 0. The first kappa shape index (κ1) is 14.6. The Hall–Kier alpha value is -1.85. The van der Waals surface area contributed by atoms with Gasteiger partial charge in [0.05, 0.1) is 25.3 Å². The summed E-state index contributed by atoms with van der Waals surface area (Å²) >= 11 is 0. The lowest BCUT2D eigenvalue weighted by Gasteiger charge is -2.21. The van der Waals surface area contributed by atoms with Crippen LogP contribution < -0.4 is 4.90 Å². The van der Waals surface area contributed by atoms with Gasteiger partial charge >= 0.3 is 5.97 Å². The molecule has 2 rings (SSSR count). The highest BCUT2D eigenvalue weighted by atomic mass is 16.5. The number of carbonyl (C=O) groups excluding carboxylic acids is 2. The molecule has 1 fully saturated rings. The molecule has 110 valence electrons. The number of hydrogen-bond donors (Lipinski definition) is 0. The molecule has 0 N–H and O–H groups in total. The highest BCUT2D eigenvalue weighted by molar-refractivity contribution is 5.98. The molecule has 2 heterocycles. The van der Waals surface area contributed by atoms with E-state index >= 15 is 0 Å². The Morgan fingerprint density at radius 1 is 1.60 bits per heavy atom. The van der Waals surface area contributed by atoms with Crippen LogP contribution in [0.4, 0.5) is 5.82 Å². The molecule has 0 bridgehead atoms. The van der Waals surface area contributed by atoms with Crippen molar-refractivity contribution in [3.05, 3.63) is 12.3 Å².